The summed E-state index contributed by atoms with van der Waals surface area (Å²) in [6.07, 6.45) is 0. The molecule has 1 aromatic heterocycles. The maximum absolute atomic E-state index is 5.49. The van der Waals surface area contributed by atoms with Crippen LogP contribution >= 0.6 is 0 Å². The van der Waals surface area contributed by atoms with Gasteiger partial charge in [-0.1, -0.05) is 20.8 Å². The van der Waals surface area contributed by atoms with Crippen molar-refractivity contribution >= 4 is 11.6 Å². The lowest BCUT2D eigenvalue weighted by molar-refractivity contribution is 0.328. The molecule has 0 fully saturated rings. The van der Waals surface area contributed by atoms with Crippen molar-refractivity contribution in [2.45, 2.75) is 47.6 Å². The van der Waals surface area contributed by atoms with Gasteiger partial charge in [-0.05, 0) is 26.2 Å². The van der Waals surface area contributed by atoms with Gasteiger partial charge in [0.1, 0.15) is 17.5 Å². The molecule has 0 aliphatic heterocycles. The summed E-state index contributed by atoms with van der Waals surface area (Å²) >= 11 is 0. The van der Waals surface area contributed by atoms with Crippen LogP contribution in [0.5, 0.6) is 0 Å². The molecule has 0 spiro atoms. The number of aromatic nitrogens is 2. The zero-order valence-electron chi connectivity index (χ0n) is 12.5. The highest BCUT2D eigenvalue weighted by Gasteiger charge is 2.26. The summed E-state index contributed by atoms with van der Waals surface area (Å²) < 4.78 is 0. The highest BCUT2D eigenvalue weighted by molar-refractivity contribution is 5.58. The van der Waals surface area contributed by atoms with E-state index in [0.717, 1.165) is 17.2 Å². The second-order valence-electron chi connectivity index (χ2n) is 5.87. The summed E-state index contributed by atoms with van der Waals surface area (Å²) in [5.41, 5.74) is 3.78. The molecule has 0 bridgehead atoms. The molecule has 5 nitrogen and oxygen atoms in total. The topological polar surface area (TPSA) is 67.1 Å². The number of hydrogen-bond acceptors (Lipinski definition) is 5. The highest BCUT2D eigenvalue weighted by Crippen LogP contribution is 2.29. The maximum atomic E-state index is 5.49. The quantitative estimate of drug-likeness (QED) is 0.637. The molecule has 0 aliphatic carbocycles. The second-order valence-corrected chi connectivity index (χ2v) is 5.87. The van der Waals surface area contributed by atoms with Crippen LogP contribution in [0.4, 0.5) is 11.6 Å². The number of nitrogen functional groups attached to an aromatic ring is 1. The molecule has 0 saturated carbocycles. The van der Waals surface area contributed by atoms with Gasteiger partial charge in [0.15, 0.2) is 0 Å². The molecular weight excluding hydrogens is 226 g/mol. The summed E-state index contributed by atoms with van der Waals surface area (Å²) in [6.45, 7) is 12.7. The van der Waals surface area contributed by atoms with Gasteiger partial charge in [0.25, 0.3) is 0 Å². The van der Waals surface area contributed by atoms with Crippen LogP contribution in [-0.2, 0) is 0 Å². The van der Waals surface area contributed by atoms with E-state index < -0.39 is 0 Å². The minimum absolute atomic E-state index is 0.177. The molecule has 1 atom stereocenters. The Bertz CT molecular complexity index is 422. The first-order valence-corrected chi connectivity index (χ1v) is 6.23. The number of nitrogens with zero attached hydrogens (tertiary/aromatic N) is 3. The minimum atomic E-state index is 0.177. The van der Waals surface area contributed by atoms with E-state index in [9.17, 15) is 0 Å². The molecule has 0 radical (unpaired) electrons. The molecule has 1 heterocycles. The van der Waals surface area contributed by atoms with Crippen molar-refractivity contribution in [3.63, 3.8) is 0 Å². The first-order valence-electron chi connectivity index (χ1n) is 6.23. The van der Waals surface area contributed by atoms with E-state index in [1.165, 1.54) is 0 Å². The Labute approximate surface area is 110 Å². The van der Waals surface area contributed by atoms with E-state index in [1.54, 1.807) is 0 Å². The van der Waals surface area contributed by atoms with Gasteiger partial charge < -0.3 is 10.3 Å². The van der Waals surface area contributed by atoms with Crippen LogP contribution in [0.25, 0.3) is 0 Å². The molecule has 18 heavy (non-hydrogen) atoms. The third-order valence-corrected chi connectivity index (χ3v) is 3.54. The van der Waals surface area contributed by atoms with Gasteiger partial charge in [-0.2, -0.15) is 0 Å². The van der Waals surface area contributed by atoms with Crippen molar-refractivity contribution in [2.24, 2.45) is 11.3 Å². The summed E-state index contributed by atoms with van der Waals surface area (Å²) in [6, 6.07) is 0.358. The summed E-state index contributed by atoms with van der Waals surface area (Å²) in [5.74, 6) is 7.82. The van der Waals surface area contributed by atoms with Crippen LogP contribution in [-0.4, -0.2) is 23.1 Å². The van der Waals surface area contributed by atoms with Gasteiger partial charge in [0.05, 0.1) is 0 Å². The van der Waals surface area contributed by atoms with Crippen LogP contribution in [0.15, 0.2) is 0 Å². The van der Waals surface area contributed by atoms with Gasteiger partial charge in [0, 0.05) is 18.7 Å². The second kappa shape index (κ2) is 5.10. The van der Waals surface area contributed by atoms with Crippen molar-refractivity contribution in [1.29, 1.82) is 0 Å². The Kier molecular flexibility index (Phi) is 4.16. The van der Waals surface area contributed by atoms with Crippen LogP contribution in [0, 0.1) is 19.3 Å². The Morgan fingerprint density at radius 2 is 1.78 bits per heavy atom. The number of rotatable bonds is 3. The van der Waals surface area contributed by atoms with E-state index in [4.69, 9.17) is 5.84 Å². The summed E-state index contributed by atoms with van der Waals surface area (Å²) in [4.78, 5) is 11.0. The number of hydrogen-bond donors (Lipinski definition) is 2. The number of aryl methyl sites for hydroxylation is 1. The van der Waals surface area contributed by atoms with E-state index >= 15 is 0 Å². The maximum Gasteiger partial charge on any atom is 0.148 e. The third kappa shape index (κ3) is 2.90. The normalized spacial score (nSPS) is 13.3. The van der Waals surface area contributed by atoms with Gasteiger partial charge in [0.2, 0.25) is 0 Å². The summed E-state index contributed by atoms with van der Waals surface area (Å²) in [5, 5.41) is 0. The van der Waals surface area contributed by atoms with Crippen LogP contribution in [0.1, 0.15) is 39.1 Å². The fourth-order valence-corrected chi connectivity index (χ4v) is 1.86. The Balaban J connectivity index is 3.21. The smallest absolute Gasteiger partial charge is 0.148 e. The standard InChI is InChI=1S/C13H25N5/c1-8-11(17-14)15-10(3)16-12(8)18(7)9(2)13(4,5)6/h9H,14H2,1-7H3,(H,15,16,17). The molecular formula is C13H25N5. The Morgan fingerprint density at radius 1 is 1.22 bits per heavy atom. The number of nitrogens with one attached hydrogen (secondary N) is 1. The molecule has 0 aliphatic rings. The number of anilines is 2. The lowest BCUT2D eigenvalue weighted by Crippen LogP contribution is -2.40. The van der Waals surface area contributed by atoms with Gasteiger partial charge in [-0.3, -0.25) is 0 Å². The zero-order valence-corrected chi connectivity index (χ0v) is 12.5. The monoisotopic (exact) mass is 251 g/mol. The van der Waals surface area contributed by atoms with Crippen LogP contribution in [0.2, 0.25) is 0 Å². The van der Waals surface area contributed by atoms with E-state index in [2.05, 4.69) is 55.0 Å². The van der Waals surface area contributed by atoms with Crippen molar-refractivity contribution in [3.8, 4) is 0 Å². The van der Waals surface area contributed by atoms with Crippen molar-refractivity contribution in [3.05, 3.63) is 11.4 Å². The molecule has 1 aromatic rings. The van der Waals surface area contributed by atoms with Crippen molar-refractivity contribution in [1.82, 2.24) is 9.97 Å². The van der Waals surface area contributed by atoms with Crippen molar-refractivity contribution < 1.29 is 0 Å². The molecule has 0 aromatic carbocycles. The molecule has 1 unspecified atom stereocenters. The fraction of sp³-hybridized carbons (Fsp3) is 0.692. The van der Waals surface area contributed by atoms with Crippen LogP contribution in [0.3, 0.4) is 0 Å². The average molecular weight is 251 g/mol. The molecule has 5 heteroatoms. The molecule has 3 N–H and O–H groups in total. The lowest BCUT2D eigenvalue weighted by atomic mass is 9.87. The van der Waals surface area contributed by atoms with Gasteiger partial charge in [-0.25, -0.2) is 15.8 Å². The van der Waals surface area contributed by atoms with Crippen LogP contribution < -0.4 is 16.2 Å². The third-order valence-electron chi connectivity index (χ3n) is 3.54. The SMILES string of the molecule is Cc1nc(NN)c(C)c(N(C)C(C)C(C)(C)C)n1. The van der Waals surface area contributed by atoms with Crippen molar-refractivity contribution in [2.75, 3.05) is 17.4 Å². The first-order chi connectivity index (χ1) is 8.18. The predicted octanol–water partition coefficient (Wildman–Crippen LogP) is 2.25. The fourth-order valence-electron chi connectivity index (χ4n) is 1.86. The van der Waals surface area contributed by atoms with E-state index in [1.807, 2.05) is 13.8 Å². The Hall–Kier alpha value is -1.36. The largest absolute Gasteiger partial charge is 0.356 e. The zero-order chi connectivity index (χ0) is 14.1. The summed E-state index contributed by atoms with van der Waals surface area (Å²) in [7, 11) is 2.06. The predicted molar refractivity (Wildman–Crippen MR) is 76.6 cm³/mol. The first kappa shape index (κ1) is 14.7. The molecule has 1 rings (SSSR count). The minimum Gasteiger partial charge on any atom is -0.356 e. The molecule has 0 amide bonds. The lowest BCUT2D eigenvalue weighted by Gasteiger charge is -2.37. The van der Waals surface area contributed by atoms with Gasteiger partial charge >= 0.3 is 0 Å². The molecule has 102 valence electrons. The number of hydrazine groups is 1. The molecule has 0 saturated heterocycles. The van der Waals surface area contributed by atoms with Gasteiger partial charge in [-0.15, -0.1) is 0 Å². The highest BCUT2D eigenvalue weighted by atomic mass is 15.3. The average Bonchev–Trinajstić information content (AvgIpc) is 2.28. The number of nitrogens with two attached hydrogens (primary N) is 1. The van der Waals surface area contributed by atoms with E-state index in [0.29, 0.717) is 11.9 Å². The van der Waals surface area contributed by atoms with E-state index in [-0.39, 0.29) is 5.41 Å². The Morgan fingerprint density at radius 3 is 2.22 bits per heavy atom.